The Morgan fingerprint density at radius 1 is 0.605 bits per heavy atom. The zero-order valence-electron chi connectivity index (χ0n) is 24.6. The molecule has 0 spiro atoms. The van der Waals surface area contributed by atoms with Gasteiger partial charge in [-0.15, -0.1) is 0 Å². The normalized spacial score (nSPS) is 14.1. The summed E-state index contributed by atoms with van der Waals surface area (Å²) in [5.41, 5.74) is 6.52. The predicted octanol–water partition coefficient (Wildman–Crippen LogP) is 7.57. The Bertz CT molecular complexity index is 1810. The molecule has 1 aliphatic rings. The third kappa shape index (κ3) is 5.53. The highest BCUT2D eigenvalue weighted by Gasteiger charge is 2.46. The summed E-state index contributed by atoms with van der Waals surface area (Å²) in [6.07, 6.45) is 7.36. The van der Waals surface area contributed by atoms with Crippen LogP contribution < -0.4 is 8.37 Å². The first kappa shape index (κ1) is 30.3. The van der Waals surface area contributed by atoms with Crippen molar-refractivity contribution in [2.75, 3.05) is 11.5 Å². The van der Waals surface area contributed by atoms with E-state index >= 15 is 0 Å². The lowest BCUT2D eigenvalue weighted by Gasteiger charge is -2.34. The largest absolute Gasteiger partial charge is 0.382 e. The molecule has 0 saturated carbocycles. The Morgan fingerprint density at radius 3 is 1.37 bits per heavy atom. The van der Waals surface area contributed by atoms with Crippen molar-refractivity contribution in [3.8, 4) is 22.6 Å². The highest BCUT2D eigenvalue weighted by Crippen LogP contribution is 2.56. The summed E-state index contributed by atoms with van der Waals surface area (Å²) in [6, 6.07) is 27.7. The van der Waals surface area contributed by atoms with Crippen molar-refractivity contribution >= 4 is 32.4 Å². The molecule has 4 aromatic rings. The summed E-state index contributed by atoms with van der Waals surface area (Å²) < 4.78 is 60.7. The molecule has 0 atom stereocenters. The van der Waals surface area contributed by atoms with Crippen LogP contribution in [0.3, 0.4) is 0 Å². The number of rotatable bonds is 10. The molecule has 0 heterocycles. The van der Waals surface area contributed by atoms with Gasteiger partial charge in [-0.3, -0.25) is 0 Å². The van der Waals surface area contributed by atoms with Crippen LogP contribution in [0.2, 0.25) is 0 Å². The maximum absolute atomic E-state index is 12.4. The van der Waals surface area contributed by atoms with Gasteiger partial charge in [0.15, 0.2) is 0 Å². The molecule has 0 aromatic heterocycles. The Labute approximate surface area is 254 Å². The Morgan fingerprint density at radius 2 is 1.00 bits per heavy atom. The molecule has 0 fully saturated rings. The molecule has 0 radical (unpaired) electrons. The Kier molecular flexibility index (Phi) is 8.36. The fourth-order valence-electron chi connectivity index (χ4n) is 5.75. The molecule has 0 aliphatic heterocycles. The third-order valence-electron chi connectivity index (χ3n) is 7.67. The Hall–Kier alpha value is -4.14. The zero-order chi connectivity index (χ0) is 30.8. The molecule has 0 unspecified atom stereocenters. The van der Waals surface area contributed by atoms with E-state index < -0.39 is 25.7 Å². The minimum atomic E-state index is -3.75. The van der Waals surface area contributed by atoms with Gasteiger partial charge in [-0.2, -0.15) is 16.8 Å². The summed E-state index contributed by atoms with van der Waals surface area (Å²) >= 11 is 0. The molecule has 6 nitrogen and oxygen atoms in total. The van der Waals surface area contributed by atoms with E-state index in [-0.39, 0.29) is 23.0 Å². The quantitative estimate of drug-likeness (QED) is 0.151. The van der Waals surface area contributed by atoms with Gasteiger partial charge in [0.25, 0.3) is 0 Å². The second-order valence-electron chi connectivity index (χ2n) is 10.2. The fraction of sp³-hybridized carbons (Fsp3) is 0.200. The molecule has 0 amide bonds. The number of hydrogen-bond acceptors (Lipinski definition) is 6. The van der Waals surface area contributed by atoms with E-state index in [4.69, 9.17) is 8.37 Å². The summed E-state index contributed by atoms with van der Waals surface area (Å²) in [5, 5.41) is 0. The SMILES string of the molecule is CC=Cc1cc(C2(c3ccc(OS(=O)(=O)CC)c(C=CC)c3)c3ccccc3-c3ccccc32)ccc1OS(=O)(=O)CC. The minimum Gasteiger partial charge on any atom is -0.382 e. The van der Waals surface area contributed by atoms with Crippen LogP contribution in [0.5, 0.6) is 11.5 Å². The van der Waals surface area contributed by atoms with Crippen molar-refractivity contribution in [2.24, 2.45) is 0 Å². The summed E-state index contributed by atoms with van der Waals surface area (Å²) in [4.78, 5) is 0. The van der Waals surface area contributed by atoms with Gasteiger partial charge >= 0.3 is 20.2 Å². The van der Waals surface area contributed by atoms with E-state index in [9.17, 15) is 16.8 Å². The third-order valence-corrected chi connectivity index (χ3v) is 9.95. The Balaban J connectivity index is 1.86. The van der Waals surface area contributed by atoms with E-state index in [1.807, 2.05) is 86.7 Å². The molecule has 43 heavy (non-hydrogen) atoms. The van der Waals surface area contributed by atoms with Gasteiger partial charge in [0.2, 0.25) is 0 Å². The maximum Gasteiger partial charge on any atom is 0.308 e. The van der Waals surface area contributed by atoms with Gasteiger partial charge in [0.05, 0.1) is 16.9 Å². The molecule has 5 rings (SSSR count). The van der Waals surface area contributed by atoms with Crippen molar-refractivity contribution in [3.63, 3.8) is 0 Å². The maximum atomic E-state index is 12.4. The van der Waals surface area contributed by atoms with E-state index in [0.717, 1.165) is 33.4 Å². The zero-order valence-corrected chi connectivity index (χ0v) is 26.2. The van der Waals surface area contributed by atoms with Gasteiger partial charge in [0, 0.05) is 11.1 Å². The molecule has 4 aromatic carbocycles. The molecule has 8 heteroatoms. The first-order chi connectivity index (χ1) is 20.6. The molecular formula is C35H34O6S2. The minimum absolute atomic E-state index is 0.148. The number of fused-ring (bicyclic) bond motifs is 3. The van der Waals surface area contributed by atoms with Crippen LogP contribution >= 0.6 is 0 Å². The van der Waals surface area contributed by atoms with Crippen LogP contribution in [0.1, 0.15) is 61.1 Å². The van der Waals surface area contributed by atoms with E-state index in [0.29, 0.717) is 11.1 Å². The first-order valence-electron chi connectivity index (χ1n) is 14.2. The van der Waals surface area contributed by atoms with Gasteiger partial charge in [-0.1, -0.05) is 85.0 Å². The lowest BCUT2D eigenvalue weighted by atomic mass is 9.67. The van der Waals surface area contributed by atoms with E-state index in [2.05, 4.69) is 24.3 Å². The van der Waals surface area contributed by atoms with Gasteiger partial charge in [0.1, 0.15) is 11.5 Å². The van der Waals surface area contributed by atoms with E-state index in [1.165, 1.54) is 0 Å². The fourth-order valence-corrected chi connectivity index (χ4v) is 6.84. The number of benzene rings is 4. The summed E-state index contributed by atoms with van der Waals surface area (Å²) in [6.45, 7) is 6.82. The molecule has 222 valence electrons. The molecule has 1 aliphatic carbocycles. The van der Waals surface area contributed by atoms with Crippen molar-refractivity contribution in [1.82, 2.24) is 0 Å². The average Bonchev–Trinajstić information content (AvgIpc) is 3.30. The van der Waals surface area contributed by atoms with Gasteiger partial charge < -0.3 is 8.37 Å². The van der Waals surface area contributed by atoms with Crippen molar-refractivity contribution in [3.05, 3.63) is 130 Å². The monoisotopic (exact) mass is 614 g/mol. The number of hydrogen-bond donors (Lipinski definition) is 0. The second-order valence-corrected chi connectivity index (χ2v) is 13.9. The van der Waals surface area contributed by atoms with Crippen LogP contribution in [0.25, 0.3) is 23.3 Å². The summed E-state index contributed by atoms with van der Waals surface area (Å²) in [7, 11) is -7.50. The molecule has 0 N–H and O–H groups in total. The first-order valence-corrected chi connectivity index (χ1v) is 17.3. The molecular weight excluding hydrogens is 581 g/mol. The van der Waals surface area contributed by atoms with Crippen molar-refractivity contribution < 1.29 is 25.2 Å². The van der Waals surface area contributed by atoms with Crippen LogP contribution in [-0.2, 0) is 25.7 Å². The van der Waals surface area contributed by atoms with Crippen LogP contribution in [0, 0.1) is 0 Å². The van der Waals surface area contributed by atoms with Crippen LogP contribution in [0.4, 0.5) is 0 Å². The topological polar surface area (TPSA) is 86.7 Å². The predicted molar refractivity (Wildman–Crippen MR) is 173 cm³/mol. The lowest BCUT2D eigenvalue weighted by Crippen LogP contribution is -2.29. The highest BCUT2D eigenvalue weighted by atomic mass is 32.2. The van der Waals surface area contributed by atoms with Crippen molar-refractivity contribution in [2.45, 2.75) is 33.1 Å². The lowest BCUT2D eigenvalue weighted by molar-refractivity contribution is 0.485. The smallest absolute Gasteiger partial charge is 0.308 e. The summed E-state index contributed by atoms with van der Waals surface area (Å²) in [5.74, 6) is 0.206. The second kappa shape index (κ2) is 11.9. The molecule has 0 bridgehead atoms. The van der Waals surface area contributed by atoms with E-state index in [1.54, 1.807) is 26.0 Å². The molecule has 0 saturated heterocycles. The van der Waals surface area contributed by atoms with Gasteiger partial charge in [-0.05, 0) is 85.3 Å². The highest BCUT2D eigenvalue weighted by molar-refractivity contribution is 7.87. The number of allylic oxidation sites excluding steroid dienone is 2. The van der Waals surface area contributed by atoms with Crippen LogP contribution in [-0.4, -0.2) is 28.3 Å². The van der Waals surface area contributed by atoms with Crippen molar-refractivity contribution in [1.29, 1.82) is 0 Å². The van der Waals surface area contributed by atoms with Gasteiger partial charge in [-0.25, -0.2) is 0 Å². The average molecular weight is 615 g/mol. The van der Waals surface area contributed by atoms with Crippen LogP contribution in [0.15, 0.2) is 97.1 Å². The standard InChI is InChI=1S/C35H34O6S2/c1-5-13-25-23-27(19-21-33(25)40-42(36,37)7-3)35(31-17-11-9-15-29(31)30-16-10-12-18-32(30)35)28-20-22-34(26(24-28)14-6-2)41-43(38,39)8-4/h5-6,9-24H,7-8H2,1-4H3.